The number of amides is 2. The molecule has 3 rings (SSSR count). The van der Waals surface area contributed by atoms with E-state index < -0.39 is 0 Å². The van der Waals surface area contributed by atoms with Crippen LogP contribution in [0.25, 0.3) is 0 Å². The fourth-order valence-electron chi connectivity index (χ4n) is 3.41. The van der Waals surface area contributed by atoms with Crippen LogP contribution in [-0.4, -0.2) is 29.8 Å². The molecule has 0 fully saturated rings. The highest BCUT2D eigenvalue weighted by Gasteiger charge is 2.19. The highest BCUT2D eigenvalue weighted by atomic mass is 16.3. The van der Waals surface area contributed by atoms with Crippen LogP contribution in [0.15, 0.2) is 71.3 Å². The number of hydrogen-bond acceptors (Lipinski definition) is 5. The van der Waals surface area contributed by atoms with E-state index in [0.29, 0.717) is 29.1 Å². The Hall–Kier alpha value is -3.89. The number of rotatable bonds is 9. The molecular formula is C25H26N4O3. The van der Waals surface area contributed by atoms with Crippen molar-refractivity contribution in [3.05, 3.63) is 89.4 Å². The van der Waals surface area contributed by atoms with E-state index in [0.717, 1.165) is 5.56 Å². The fraction of sp³-hybridized carbons (Fsp3) is 0.240. The van der Waals surface area contributed by atoms with Crippen LogP contribution in [0.4, 0.5) is 5.69 Å². The number of para-hydroxylation sites is 1. The number of nitrogens with zero attached hydrogens (tertiary/aromatic N) is 2. The summed E-state index contributed by atoms with van der Waals surface area (Å²) < 4.78 is 5.24. The summed E-state index contributed by atoms with van der Waals surface area (Å²) >= 11 is 0. The van der Waals surface area contributed by atoms with Gasteiger partial charge in [-0.1, -0.05) is 31.2 Å². The van der Waals surface area contributed by atoms with Gasteiger partial charge in [-0.2, -0.15) is 5.26 Å². The number of likely N-dealkylation sites (N-methyl/N-ethyl adjacent to an activating group) is 1. The van der Waals surface area contributed by atoms with E-state index in [-0.39, 0.29) is 30.9 Å². The van der Waals surface area contributed by atoms with Gasteiger partial charge >= 0.3 is 0 Å². The molecule has 0 aliphatic heterocycles. The van der Waals surface area contributed by atoms with Crippen LogP contribution in [-0.2, 0) is 11.3 Å². The quantitative estimate of drug-likeness (QED) is 0.532. The summed E-state index contributed by atoms with van der Waals surface area (Å²) in [6.45, 7) is 5.11. The summed E-state index contributed by atoms with van der Waals surface area (Å²) in [4.78, 5) is 27.4. The zero-order chi connectivity index (χ0) is 22.9. The van der Waals surface area contributed by atoms with Gasteiger partial charge in [-0.25, -0.2) is 0 Å². The Morgan fingerprint density at radius 1 is 1.09 bits per heavy atom. The highest BCUT2D eigenvalue weighted by Crippen LogP contribution is 2.21. The van der Waals surface area contributed by atoms with Crippen molar-refractivity contribution in [3.8, 4) is 6.07 Å². The summed E-state index contributed by atoms with van der Waals surface area (Å²) in [5.74, 6) is 0.143. The van der Waals surface area contributed by atoms with Gasteiger partial charge in [0.1, 0.15) is 5.76 Å². The maximum absolute atomic E-state index is 12.8. The molecule has 0 saturated carbocycles. The lowest BCUT2D eigenvalue weighted by Gasteiger charge is -2.27. The van der Waals surface area contributed by atoms with Crippen LogP contribution in [0.3, 0.4) is 0 Å². The standard InChI is InChI=1S/C25H26N4O3/c1-3-29(18(2)20-12-10-19(15-26)11-13-20)17-24(30)28-23-9-5-4-8-22(23)25(31)27-16-21-7-6-14-32-21/h4-14,18H,3,16-17H2,1-2H3,(H,27,31)(H,28,30). The van der Waals surface area contributed by atoms with E-state index in [4.69, 9.17) is 9.68 Å². The van der Waals surface area contributed by atoms with E-state index in [9.17, 15) is 9.59 Å². The molecule has 0 radical (unpaired) electrons. The number of nitriles is 1. The van der Waals surface area contributed by atoms with Crippen LogP contribution < -0.4 is 10.6 Å². The lowest BCUT2D eigenvalue weighted by molar-refractivity contribution is -0.117. The second-order valence-electron chi connectivity index (χ2n) is 7.33. The van der Waals surface area contributed by atoms with Crippen LogP contribution in [0.5, 0.6) is 0 Å². The predicted octanol–water partition coefficient (Wildman–Crippen LogP) is 4.10. The van der Waals surface area contributed by atoms with Gasteiger partial charge in [0, 0.05) is 6.04 Å². The van der Waals surface area contributed by atoms with Crippen molar-refractivity contribution in [2.24, 2.45) is 0 Å². The molecule has 1 aromatic heterocycles. The van der Waals surface area contributed by atoms with Gasteiger partial charge in [-0.05, 0) is 55.4 Å². The number of benzene rings is 2. The van der Waals surface area contributed by atoms with E-state index in [2.05, 4.69) is 16.7 Å². The first-order valence-corrected chi connectivity index (χ1v) is 10.5. The Labute approximate surface area is 187 Å². The lowest BCUT2D eigenvalue weighted by Crippen LogP contribution is -2.35. The molecule has 2 aromatic carbocycles. The summed E-state index contributed by atoms with van der Waals surface area (Å²) in [5, 5.41) is 14.6. The van der Waals surface area contributed by atoms with E-state index in [1.807, 2.05) is 30.9 Å². The molecule has 0 bridgehead atoms. The Kier molecular flexibility index (Phi) is 7.79. The summed E-state index contributed by atoms with van der Waals surface area (Å²) in [6.07, 6.45) is 1.55. The number of carbonyl (C=O) groups is 2. The third kappa shape index (κ3) is 5.84. The maximum atomic E-state index is 12.8. The number of furan rings is 1. The molecule has 7 nitrogen and oxygen atoms in total. The molecule has 7 heteroatoms. The molecule has 1 heterocycles. The average Bonchev–Trinajstić information content (AvgIpc) is 3.34. The normalized spacial score (nSPS) is 11.6. The molecule has 0 aliphatic rings. The van der Waals surface area contributed by atoms with E-state index in [1.165, 1.54) is 0 Å². The molecule has 0 aliphatic carbocycles. The molecule has 164 valence electrons. The molecule has 2 amide bonds. The zero-order valence-corrected chi connectivity index (χ0v) is 18.2. The van der Waals surface area contributed by atoms with Crippen molar-refractivity contribution in [3.63, 3.8) is 0 Å². The van der Waals surface area contributed by atoms with Crippen molar-refractivity contribution in [2.45, 2.75) is 26.4 Å². The van der Waals surface area contributed by atoms with E-state index in [1.54, 1.807) is 54.8 Å². The Morgan fingerprint density at radius 3 is 2.50 bits per heavy atom. The summed E-state index contributed by atoms with van der Waals surface area (Å²) in [5.41, 5.74) is 2.46. The largest absolute Gasteiger partial charge is 0.467 e. The number of anilines is 1. The first-order valence-electron chi connectivity index (χ1n) is 10.5. The van der Waals surface area contributed by atoms with Gasteiger partial charge in [0.25, 0.3) is 5.91 Å². The smallest absolute Gasteiger partial charge is 0.253 e. The van der Waals surface area contributed by atoms with E-state index >= 15 is 0 Å². The monoisotopic (exact) mass is 430 g/mol. The molecule has 1 atom stereocenters. The number of hydrogen-bond donors (Lipinski definition) is 2. The van der Waals surface area contributed by atoms with Crippen molar-refractivity contribution < 1.29 is 14.0 Å². The van der Waals surface area contributed by atoms with Crippen molar-refractivity contribution in [1.82, 2.24) is 10.2 Å². The first kappa shape index (κ1) is 22.8. The molecular weight excluding hydrogens is 404 g/mol. The topological polar surface area (TPSA) is 98.4 Å². The van der Waals surface area contributed by atoms with Gasteiger partial charge in [-0.15, -0.1) is 0 Å². The van der Waals surface area contributed by atoms with Gasteiger partial charge in [0.15, 0.2) is 0 Å². The Balaban J connectivity index is 1.64. The van der Waals surface area contributed by atoms with Crippen molar-refractivity contribution in [1.29, 1.82) is 5.26 Å². The highest BCUT2D eigenvalue weighted by molar-refractivity contribution is 6.04. The zero-order valence-electron chi connectivity index (χ0n) is 18.2. The van der Waals surface area contributed by atoms with Crippen LogP contribution >= 0.6 is 0 Å². The third-order valence-electron chi connectivity index (χ3n) is 5.27. The summed E-state index contributed by atoms with van der Waals surface area (Å²) in [6, 6.07) is 19.9. The van der Waals surface area contributed by atoms with Crippen LogP contribution in [0.1, 0.15) is 47.1 Å². The van der Waals surface area contributed by atoms with Crippen molar-refractivity contribution >= 4 is 17.5 Å². The third-order valence-corrected chi connectivity index (χ3v) is 5.27. The minimum atomic E-state index is -0.296. The van der Waals surface area contributed by atoms with Crippen molar-refractivity contribution in [2.75, 3.05) is 18.4 Å². The SMILES string of the molecule is CCN(CC(=O)Nc1ccccc1C(=O)NCc1ccco1)C(C)c1ccc(C#N)cc1. The lowest BCUT2D eigenvalue weighted by atomic mass is 10.0. The average molecular weight is 431 g/mol. The Bertz CT molecular complexity index is 1090. The molecule has 3 aromatic rings. The molecule has 0 saturated heterocycles. The molecule has 32 heavy (non-hydrogen) atoms. The minimum Gasteiger partial charge on any atom is -0.467 e. The minimum absolute atomic E-state index is 0.00895. The second kappa shape index (κ2) is 10.9. The predicted molar refractivity (Wildman–Crippen MR) is 122 cm³/mol. The molecule has 2 N–H and O–H groups in total. The Morgan fingerprint density at radius 2 is 1.84 bits per heavy atom. The van der Waals surface area contributed by atoms with Crippen LogP contribution in [0, 0.1) is 11.3 Å². The molecule has 1 unspecified atom stereocenters. The van der Waals surface area contributed by atoms with Gasteiger partial charge in [0.2, 0.25) is 5.91 Å². The second-order valence-corrected chi connectivity index (χ2v) is 7.33. The van der Waals surface area contributed by atoms with Crippen LogP contribution in [0.2, 0.25) is 0 Å². The fourth-order valence-corrected chi connectivity index (χ4v) is 3.41. The summed E-state index contributed by atoms with van der Waals surface area (Å²) in [7, 11) is 0. The number of nitrogens with one attached hydrogen (secondary N) is 2. The molecule has 0 spiro atoms. The first-order chi connectivity index (χ1) is 15.5. The number of carbonyl (C=O) groups excluding carboxylic acids is 2. The van der Waals surface area contributed by atoms with Gasteiger partial charge in [-0.3, -0.25) is 14.5 Å². The van der Waals surface area contributed by atoms with Gasteiger partial charge in [0.05, 0.1) is 42.2 Å². The van der Waals surface area contributed by atoms with Gasteiger partial charge < -0.3 is 15.1 Å². The maximum Gasteiger partial charge on any atom is 0.253 e.